The first-order chi connectivity index (χ1) is 10.2. The standard InChI is InChI=1S/C14H17ClN4OS/c15-11-3-5-12(6-4-11)21-9-7-14(20)16-8-1-2-13-17-10-18-19-13/h3-6,10H,1-2,7-9H2,(H,16,20)(H,17,18,19). The Balaban J connectivity index is 1.54. The van der Waals surface area contributed by atoms with Gasteiger partial charge in [-0.05, 0) is 30.7 Å². The van der Waals surface area contributed by atoms with E-state index < -0.39 is 0 Å². The number of thioether (sulfide) groups is 1. The van der Waals surface area contributed by atoms with Crippen molar-refractivity contribution in [2.24, 2.45) is 0 Å². The lowest BCUT2D eigenvalue weighted by molar-refractivity contribution is -0.120. The van der Waals surface area contributed by atoms with E-state index in [1.807, 2.05) is 24.3 Å². The lowest BCUT2D eigenvalue weighted by atomic mass is 10.3. The molecule has 0 bridgehead atoms. The fourth-order valence-electron chi connectivity index (χ4n) is 1.72. The Labute approximate surface area is 132 Å². The average molecular weight is 325 g/mol. The highest BCUT2D eigenvalue weighted by Gasteiger charge is 2.02. The molecular weight excluding hydrogens is 308 g/mol. The summed E-state index contributed by atoms with van der Waals surface area (Å²) in [4.78, 5) is 16.8. The van der Waals surface area contributed by atoms with Gasteiger partial charge in [-0.15, -0.1) is 11.8 Å². The van der Waals surface area contributed by atoms with Crippen molar-refractivity contribution in [2.75, 3.05) is 12.3 Å². The van der Waals surface area contributed by atoms with E-state index >= 15 is 0 Å². The van der Waals surface area contributed by atoms with Gasteiger partial charge in [-0.25, -0.2) is 4.98 Å². The number of benzene rings is 1. The second-order valence-corrected chi connectivity index (χ2v) is 6.04. The molecule has 0 aliphatic heterocycles. The molecule has 0 unspecified atom stereocenters. The molecule has 7 heteroatoms. The number of nitrogens with one attached hydrogen (secondary N) is 2. The fourth-order valence-corrected chi connectivity index (χ4v) is 2.69. The summed E-state index contributed by atoms with van der Waals surface area (Å²) in [5, 5.41) is 10.2. The highest BCUT2D eigenvalue weighted by atomic mass is 35.5. The van der Waals surface area contributed by atoms with E-state index in [2.05, 4.69) is 20.5 Å². The summed E-state index contributed by atoms with van der Waals surface area (Å²) < 4.78 is 0. The van der Waals surface area contributed by atoms with Crippen molar-refractivity contribution in [3.8, 4) is 0 Å². The number of H-pyrrole nitrogens is 1. The zero-order chi connectivity index (χ0) is 14.9. The van der Waals surface area contributed by atoms with Gasteiger partial charge in [0.1, 0.15) is 12.2 Å². The molecule has 0 aliphatic carbocycles. The summed E-state index contributed by atoms with van der Waals surface area (Å²) in [6.07, 6.45) is 3.64. The van der Waals surface area contributed by atoms with Crippen LogP contribution in [0.3, 0.4) is 0 Å². The molecule has 2 aromatic rings. The lowest BCUT2D eigenvalue weighted by Gasteiger charge is -2.04. The lowest BCUT2D eigenvalue weighted by Crippen LogP contribution is -2.25. The molecule has 2 rings (SSSR count). The molecule has 0 aliphatic rings. The average Bonchev–Trinajstić information content (AvgIpc) is 2.99. The van der Waals surface area contributed by atoms with E-state index in [1.165, 1.54) is 6.33 Å². The van der Waals surface area contributed by atoms with Crippen LogP contribution in [0.1, 0.15) is 18.7 Å². The van der Waals surface area contributed by atoms with Crippen LogP contribution in [0.4, 0.5) is 0 Å². The first-order valence-electron chi connectivity index (χ1n) is 6.73. The number of amides is 1. The number of hydrogen-bond acceptors (Lipinski definition) is 4. The Morgan fingerprint density at radius 2 is 2.14 bits per heavy atom. The number of carbonyl (C=O) groups is 1. The van der Waals surface area contributed by atoms with Gasteiger partial charge >= 0.3 is 0 Å². The van der Waals surface area contributed by atoms with Crippen molar-refractivity contribution < 1.29 is 4.79 Å². The Morgan fingerprint density at radius 3 is 2.86 bits per heavy atom. The Bertz CT molecular complexity index is 545. The summed E-state index contributed by atoms with van der Waals surface area (Å²) in [5.74, 6) is 1.69. The van der Waals surface area contributed by atoms with Gasteiger partial charge in [-0.1, -0.05) is 11.6 Å². The van der Waals surface area contributed by atoms with Crippen LogP contribution in [0.15, 0.2) is 35.5 Å². The van der Waals surface area contributed by atoms with Crippen LogP contribution in [0.25, 0.3) is 0 Å². The number of carbonyl (C=O) groups excluding carboxylic acids is 1. The summed E-state index contributed by atoms with van der Waals surface area (Å²) in [5.41, 5.74) is 0. The molecule has 2 N–H and O–H groups in total. The molecular formula is C14H17ClN4OS. The molecule has 0 fully saturated rings. The van der Waals surface area contributed by atoms with Crippen molar-refractivity contribution in [2.45, 2.75) is 24.2 Å². The predicted molar refractivity (Wildman–Crippen MR) is 84.5 cm³/mol. The van der Waals surface area contributed by atoms with Crippen molar-refractivity contribution >= 4 is 29.3 Å². The largest absolute Gasteiger partial charge is 0.356 e. The molecule has 112 valence electrons. The molecule has 0 atom stereocenters. The van der Waals surface area contributed by atoms with Crippen LogP contribution in [0.5, 0.6) is 0 Å². The van der Waals surface area contributed by atoms with Gasteiger partial charge in [0.25, 0.3) is 0 Å². The smallest absolute Gasteiger partial charge is 0.220 e. The molecule has 5 nitrogen and oxygen atoms in total. The highest BCUT2D eigenvalue weighted by molar-refractivity contribution is 7.99. The normalized spacial score (nSPS) is 10.5. The number of nitrogens with zero attached hydrogens (tertiary/aromatic N) is 2. The monoisotopic (exact) mass is 324 g/mol. The van der Waals surface area contributed by atoms with Gasteiger partial charge < -0.3 is 5.32 Å². The molecule has 1 aromatic heterocycles. The van der Waals surface area contributed by atoms with Gasteiger partial charge in [0, 0.05) is 35.1 Å². The van der Waals surface area contributed by atoms with Crippen molar-refractivity contribution in [1.82, 2.24) is 20.5 Å². The fraction of sp³-hybridized carbons (Fsp3) is 0.357. The zero-order valence-corrected chi connectivity index (χ0v) is 13.1. The second-order valence-electron chi connectivity index (χ2n) is 4.44. The number of halogens is 1. The maximum Gasteiger partial charge on any atom is 0.220 e. The van der Waals surface area contributed by atoms with E-state index in [0.717, 1.165) is 34.3 Å². The van der Waals surface area contributed by atoms with Crippen molar-refractivity contribution in [3.63, 3.8) is 0 Å². The third-order valence-electron chi connectivity index (χ3n) is 2.79. The van der Waals surface area contributed by atoms with Crippen LogP contribution in [0.2, 0.25) is 5.02 Å². The van der Waals surface area contributed by atoms with E-state index in [9.17, 15) is 4.79 Å². The number of aromatic nitrogens is 3. The summed E-state index contributed by atoms with van der Waals surface area (Å²) in [6.45, 7) is 0.658. The van der Waals surface area contributed by atoms with Crippen LogP contribution in [0, 0.1) is 0 Å². The molecule has 1 amide bonds. The van der Waals surface area contributed by atoms with Gasteiger partial charge in [-0.2, -0.15) is 5.10 Å². The maximum atomic E-state index is 11.7. The molecule has 0 spiro atoms. The minimum atomic E-state index is 0.0778. The van der Waals surface area contributed by atoms with Gasteiger partial charge in [0.15, 0.2) is 0 Å². The zero-order valence-electron chi connectivity index (χ0n) is 11.5. The maximum absolute atomic E-state index is 11.7. The minimum absolute atomic E-state index is 0.0778. The quantitative estimate of drug-likeness (QED) is 0.578. The van der Waals surface area contributed by atoms with Crippen LogP contribution >= 0.6 is 23.4 Å². The first kappa shape index (κ1) is 15.9. The van der Waals surface area contributed by atoms with Gasteiger partial charge in [0.05, 0.1) is 0 Å². The molecule has 21 heavy (non-hydrogen) atoms. The topological polar surface area (TPSA) is 70.7 Å². The molecule has 0 saturated carbocycles. The van der Waals surface area contributed by atoms with E-state index in [4.69, 9.17) is 11.6 Å². The van der Waals surface area contributed by atoms with Crippen LogP contribution in [-0.2, 0) is 11.2 Å². The molecule has 1 heterocycles. The van der Waals surface area contributed by atoms with Crippen LogP contribution < -0.4 is 5.32 Å². The minimum Gasteiger partial charge on any atom is -0.356 e. The predicted octanol–water partition coefficient (Wildman–Crippen LogP) is 2.69. The number of hydrogen-bond donors (Lipinski definition) is 2. The van der Waals surface area contributed by atoms with E-state index in [0.29, 0.717) is 13.0 Å². The summed E-state index contributed by atoms with van der Waals surface area (Å²) >= 11 is 7.47. The Morgan fingerprint density at radius 1 is 1.33 bits per heavy atom. The van der Waals surface area contributed by atoms with Crippen LogP contribution in [-0.4, -0.2) is 33.4 Å². The Kier molecular flexibility index (Phi) is 6.56. The van der Waals surface area contributed by atoms with E-state index in [-0.39, 0.29) is 5.91 Å². The molecule has 0 saturated heterocycles. The number of rotatable bonds is 8. The van der Waals surface area contributed by atoms with E-state index in [1.54, 1.807) is 11.8 Å². The third-order valence-corrected chi connectivity index (χ3v) is 4.05. The second kappa shape index (κ2) is 8.69. The summed E-state index contributed by atoms with van der Waals surface area (Å²) in [6, 6.07) is 7.63. The van der Waals surface area contributed by atoms with Gasteiger partial charge in [-0.3, -0.25) is 9.89 Å². The number of aromatic amines is 1. The van der Waals surface area contributed by atoms with Crippen molar-refractivity contribution in [1.29, 1.82) is 0 Å². The van der Waals surface area contributed by atoms with Crippen molar-refractivity contribution in [3.05, 3.63) is 41.4 Å². The third kappa shape index (κ3) is 6.18. The molecule has 1 aromatic carbocycles. The summed E-state index contributed by atoms with van der Waals surface area (Å²) in [7, 11) is 0. The highest BCUT2D eigenvalue weighted by Crippen LogP contribution is 2.20. The Hall–Kier alpha value is -1.53. The first-order valence-corrected chi connectivity index (χ1v) is 8.10. The number of aryl methyl sites for hydroxylation is 1. The SMILES string of the molecule is O=C(CCSc1ccc(Cl)cc1)NCCCc1ncn[nH]1. The van der Waals surface area contributed by atoms with Gasteiger partial charge in [0.2, 0.25) is 5.91 Å². The molecule has 0 radical (unpaired) electrons.